The van der Waals surface area contributed by atoms with Crippen LogP contribution in [0.25, 0.3) is 0 Å². The first-order valence-corrected chi connectivity index (χ1v) is 7.33. The number of rotatable bonds is 8. The van der Waals surface area contributed by atoms with Crippen molar-refractivity contribution < 1.29 is 14.6 Å². The topological polar surface area (TPSA) is 49.8 Å². The first-order chi connectivity index (χ1) is 9.75. The fourth-order valence-electron chi connectivity index (χ4n) is 2.64. The summed E-state index contributed by atoms with van der Waals surface area (Å²) in [5, 5.41) is 8.76. The van der Waals surface area contributed by atoms with Crippen molar-refractivity contribution in [2.75, 3.05) is 26.3 Å². The van der Waals surface area contributed by atoms with Gasteiger partial charge in [-0.2, -0.15) is 0 Å². The minimum Gasteiger partial charge on any atom is -0.481 e. The highest BCUT2D eigenvalue weighted by Gasteiger charge is 2.22. The second-order valence-electron chi connectivity index (χ2n) is 5.29. The lowest BCUT2D eigenvalue weighted by atomic mass is 10.1. The minimum absolute atomic E-state index is 0.245. The molecule has 110 valence electrons. The molecular formula is C16H23NO3. The lowest BCUT2D eigenvalue weighted by molar-refractivity contribution is -0.137. The molecule has 1 atom stereocenters. The number of nitrogens with zero attached hydrogens (tertiary/aromatic N) is 1. The molecule has 0 radical (unpaired) electrons. The molecule has 1 aliphatic rings. The second kappa shape index (κ2) is 8.02. The van der Waals surface area contributed by atoms with Crippen LogP contribution in [0.5, 0.6) is 0 Å². The average molecular weight is 277 g/mol. The Hall–Kier alpha value is -1.39. The van der Waals surface area contributed by atoms with Gasteiger partial charge in [-0.3, -0.25) is 9.69 Å². The lowest BCUT2D eigenvalue weighted by Crippen LogP contribution is -2.38. The van der Waals surface area contributed by atoms with E-state index in [2.05, 4.69) is 29.2 Å². The molecule has 1 fully saturated rings. The van der Waals surface area contributed by atoms with Gasteiger partial charge in [-0.25, -0.2) is 0 Å². The van der Waals surface area contributed by atoms with Crippen LogP contribution < -0.4 is 0 Å². The molecule has 20 heavy (non-hydrogen) atoms. The summed E-state index contributed by atoms with van der Waals surface area (Å²) < 4.78 is 5.46. The SMILES string of the molecule is O=C(O)CCCN(CCc1ccccc1)C1CCOC1. The highest BCUT2D eigenvalue weighted by atomic mass is 16.5. The molecule has 4 heteroatoms. The molecule has 0 amide bonds. The Morgan fingerprint density at radius 2 is 2.10 bits per heavy atom. The Balaban J connectivity index is 1.83. The van der Waals surface area contributed by atoms with Crippen LogP contribution >= 0.6 is 0 Å². The summed E-state index contributed by atoms with van der Waals surface area (Å²) in [7, 11) is 0. The molecule has 1 saturated heterocycles. The summed E-state index contributed by atoms with van der Waals surface area (Å²) in [6.45, 7) is 3.41. The maximum atomic E-state index is 10.6. The van der Waals surface area contributed by atoms with Crippen molar-refractivity contribution in [3.05, 3.63) is 35.9 Å². The van der Waals surface area contributed by atoms with Gasteiger partial charge < -0.3 is 9.84 Å². The Bertz CT molecular complexity index is 401. The normalized spacial score (nSPS) is 18.6. The third kappa shape index (κ3) is 4.94. The van der Waals surface area contributed by atoms with E-state index < -0.39 is 5.97 Å². The average Bonchev–Trinajstić information content (AvgIpc) is 2.97. The summed E-state index contributed by atoms with van der Waals surface area (Å²) in [6, 6.07) is 10.9. The van der Waals surface area contributed by atoms with Gasteiger partial charge in [-0.05, 0) is 31.4 Å². The molecule has 0 aromatic heterocycles. The second-order valence-corrected chi connectivity index (χ2v) is 5.29. The Morgan fingerprint density at radius 3 is 2.75 bits per heavy atom. The van der Waals surface area contributed by atoms with Crippen LogP contribution in [0.2, 0.25) is 0 Å². The zero-order valence-corrected chi connectivity index (χ0v) is 11.8. The van der Waals surface area contributed by atoms with Crippen LogP contribution in [0.3, 0.4) is 0 Å². The third-order valence-electron chi connectivity index (χ3n) is 3.79. The van der Waals surface area contributed by atoms with Crippen LogP contribution in [0.1, 0.15) is 24.8 Å². The lowest BCUT2D eigenvalue weighted by Gasteiger charge is -2.27. The van der Waals surface area contributed by atoms with Crippen molar-refractivity contribution in [2.45, 2.75) is 31.7 Å². The number of carboxylic acids is 1. The van der Waals surface area contributed by atoms with Gasteiger partial charge in [0.25, 0.3) is 0 Å². The molecular weight excluding hydrogens is 254 g/mol. The predicted molar refractivity (Wildman–Crippen MR) is 77.8 cm³/mol. The number of carboxylic acid groups (broad SMARTS) is 1. The maximum Gasteiger partial charge on any atom is 0.303 e. The fraction of sp³-hybridized carbons (Fsp3) is 0.562. The van der Waals surface area contributed by atoms with E-state index in [1.807, 2.05) is 6.07 Å². The van der Waals surface area contributed by atoms with Crippen molar-refractivity contribution in [3.63, 3.8) is 0 Å². The first-order valence-electron chi connectivity index (χ1n) is 7.33. The molecule has 0 spiro atoms. The molecule has 1 unspecified atom stereocenters. The molecule has 4 nitrogen and oxygen atoms in total. The zero-order valence-electron chi connectivity index (χ0n) is 11.8. The number of carbonyl (C=O) groups is 1. The molecule has 0 saturated carbocycles. The van der Waals surface area contributed by atoms with Crippen molar-refractivity contribution in [2.24, 2.45) is 0 Å². The van der Waals surface area contributed by atoms with Gasteiger partial charge in [0.2, 0.25) is 0 Å². The van der Waals surface area contributed by atoms with Crippen LogP contribution in [-0.4, -0.2) is 48.3 Å². The number of hydrogen-bond donors (Lipinski definition) is 1. The third-order valence-corrected chi connectivity index (χ3v) is 3.79. The molecule has 0 bridgehead atoms. The van der Waals surface area contributed by atoms with E-state index in [0.717, 1.165) is 39.1 Å². The number of aliphatic carboxylic acids is 1. The summed E-state index contributed by atoms with van der Waals surface area (Å²) in [6.07, 6.45) is 3.02. The van der Waals surface area contributed by atoms with Gasteiger partial charge in [-0.1, -0.05) is 30.3 Å². The van der Waals surface area contributed by atoms with E-state index in [-0.39, 0.29) is 6.42 Å². The van der Waals surface area contributed by atoms with Gasteiger partial charge in [-0.15, -0.1) is 0 Å². The molecule has 2 rings (SSSR count). The molecule has 0 aliphatic carbocycles. The molecule has 1 aromatic carbocycles. The van der Waals surface area contributed by atoms with E-state index in [4.69, 9.17) is 9.84 Å². The highest BCUT2D eigenvalue weighted by molar-refractivity contribution is 5.66. The van der Waals surface area contributed by atoms with Crippen molar-refractivity contribution >= 4 is 5.97 Å². The Morgan fingerprint density at radius 1 is 1.30 bits per heavy atom. The highest BCUT2D eigenvalue weighted by Crippen LogP contribution is 2.14. The number of benzene rings is 1. The van der Waals surface area contributed by atoms with E-state index in [1.165, 1.54) is 5.56 Å². The van der Waals surface area contributed by atoms with Crippen molar-refractivity contribution in [1.29, 1.82) is 0 Å². The van der Waals surface area contributed by atoms with Gasteiger partial charge in [0.1, 0.15) is 0 Å². The molecule has 1 heterocycles. The standard InChI is InChI=1S/C16H23NO3/c18-16(19)7-4-10-17(15-9-12-20-13-15)11-8-14-5-2-1-3-6-14/h1-3,5-6,15H,4,7-13H2,(H,18,19). The predicted octanol–water partition coefficient (Wildman–Crippen LogP) is 2.18. The summed E-state index contributed by atoms with van der Waals surface area (Å²) in [5.74, 6) is -0.712. The fourth-order valence-corrected chi connectivity index (χ4v) is 2.64. The van der Waals surface area contributed by atoms with E-state index in [9.17, 15) is 4.79 Å². The van der Waals surface area contributed by atoms with E-state index >= 15 is 0 Å². The van der Waals surface area contributed by atoms with Crippen LogP contribution in [0, 0.1) is 0 Å². The van der Waals surface area contributed by atoms with Crippen LogP contribution in [0.15, 0.2) is 30.3 Å². The Labute approximate surface area is 120 Å². The van der Waals surface area contributed by atoms with E-state index in [0.29, 0.717) is 12.5 Å². The van der Waals surface area contributed by atoms with Crippen LogP contribution in [-0.2, 0) is 16.0 Å². The van der Waals surface area contributed by atoms with Crippen molar-refractivity contribution in [1.82, 2.24) is 4.90 Å². The summed E-state index contributed by atoms with van der Waals surface area (Å²) in [5.41, 5.74) is 1.33. The number of hydrogen-bond acceptors (Lipinski definition) is 3. The largest absolute Gasteiger partial charge is 0.481 e. The smallest absolute Gasteiger partial charge is 0.303 e. The minimum atomic E-state index is -0.712. The monoisotopic (exact) mass is 277 g/mol. The van der Waals surface area contributed by atoms with Crippen molar-refractivity contribution in [3.8, 4) is 0 Å². The van der Waals surface area contributed by atoms with Crippen LogP contribution in [0.4, 0.5) is 0 Å². The van der Waals surface area contributed by atoms with Gasteiger partial charge in [0.15, 0.2) is 0 Å². The van der Waals surface area contributed by atoms with Gasteiger partial charge in [0, 0.05) is 25.6 Å². The summed E-state index contributed by atoms with van der Waals surface area (Å²) >= 11 is 0. The van der Waals surface area contributed by atoms with Gasteiger partial charge >= 0.3 is 5.97 Å². The quantitative estimate of drug-likeness (QED) is 0.791. The number of ether oxygens (including phenoxy) is 1. The van der Waals surface area contributed by atoms with Gasteiger partial charge in [0.05, 0.1) is 6.61 Å². The maximum absolute atomic E-state index is 10.6. The molecule has 1 aromatic rings. The molecule has 1 N–H and O–H groups in total. The Kier molecular flexibility index (Phi) is 6.02. The summed E-state index contributed by atoms with van der Waals surface area (Å²) in [4.78, 5) is 13.0. The van der Waals surface area contributed by atoms with E-state index in [1.54, 1.807) is 0 Å². The zero-order chi connectivity index (χ0) is 14.2. The molecule has 1 aliphatic heterocycles. The first kappa shape index (κ1) is 15.0.